The van der Waals surface area contributed by atoms with E-state index >= 15 is 0 Å². The number of hydrogen-bond donors (Lipinski definition) is 0. The molecule has 118 valence electrons. The van der Waals surface area contributed by atoms with E-state index in [1.807, 2.05) is 32.9 Å². The largest absolute Gasteiger partial charge is 0.347 e. The van der Waals surface area contributed by atoms with Gasteiger partial charge in [0.05, 0.1) is 11.9 Å². The molecular weight excluding hydrogens is 288 g/mol. The van der Waals surface area contributed by atoms with E-state index in [-0.39, 0.29) is 5.91 Å². The molecule has 0 aliphatic rings. The number of benzene rings is 1. The normalized spacial score (nSPS) is 12.9. The van der Waals surface area contributed by atoms with Gasteiger partial charge >= 0.3 is 0 Å². The molecule has 0 aliphatic heterocycles. The molecule has 0 fully saturated rings. The van der Waals surface area contributed by atoms with Gasteiger partial charge in [-0.25, -0.2) is 8.42 Å². The second kappa shape index (κ2) is 6.47. The topological polar surface area (TPSA) is 57.7 Å². The van der Waals surface area contributed by atoms with Gasteiger partial charge in [0.1, 0.15) is 6.04 Å². The van der Waals surface area contributed by atoms with Crippen molar-refractivity contribution in [2.45, 2.75) is 33.2 Å². The quantitative estimate of drug-likeness (QED) is 0.835. The van der Waals surface area contributed by atoms with Gasteiger partial charge in [-0.2, -0.15) is 0 Å². The van der Waals surface area contributed by atoms with E-state index in [1.165, 1.54) is 9.21 Å². The number of sulfonamides is 1. The number of anilines is 1. The summed E-state index contributed by atoms with van der Waals surface area (Å²) in [6.45, 7) is 5.70. The highest BCUT2D eigenvalue weighted by molar-refractivity contribution is 7.92. The SMILES string of the molecule is CC[C@H](C(=O)N(C)C)N(c1ccc(C)c(C)c1)S(C)(=O)=O. The maximum absolute atomic E-state index is 12.3. The average molecular weight is 312 g/mol. The van der Waals surface area contributed by atoms with E-state index < -0.39 is 16.1 Å². The molecule has 0 saturated heterocycles. The molecule has 0 saturated carbocycles. The van der Waals surface area contributed by atoms with Crippen LogP contribution < -0.4 is 4.31 Å². The van der Waals surface area contributed by atoms with Crippen LogP contribution in [0, 0.1) is 13.8 Å². The number of aryl methyl sites for hydroxylation is 2. The molecule has 0 aromatic heterocycles. The molecule has 1 aromatic rings. The molecule has 21 heavy (non-hydrogen) atoms. The monoisotopic (exact) mass is 312 g/mol. The summed E-state index contributed by atoms with van der Waals surface area (Å²) in [5.41, 5.74) is 2.61. The van der Waals surface area contributed by atoms with Gasteiger partial charge in [-0.05, 0) is 43.5 Å². The number of nitrogens with zero attached hydrogens (tertiary/aromatic N) is 2. The Hall–Kier alpha value is -1.56. The number of likely N-dealkylation sites (N-methyl/N-ethyl adjacent to an activating group) is 1. The summed E-state index contributed by atoms with van der Waals surface area (Å²) in [5.74, 6) is -0.221. The average Bonchev–Trinajstić information content (AvgIpc) is 2.37. The Kier molecular flexibility index (Phi) is 5.39. The minimum atomic E-state index is -3.55. The third kappa shape index (κ3) is 3.97. The Morgan fingerprint density at radius 3 is 2.14 bits per heavy atom. The van der Waals surface area contributed by atoms with E-state index in [2.05, 4.69) is 0 Å². The number of carbonyl (C=O) groups is 1. The summed E-state index contributed by atoms with van der Waals surface area (Å²) in [6, 6.07) is 4.70. The molecule has 1 aromatic carbocycles. The van der Waals surface area contributed by atoms with Gasteiger partial charge in [0.15, 0.2) is 0 Å². The van der Waals surface area contributed by atoms with E-state index in [0.29, 0.717) is 12.1 Å². The zero-order valence-corrected chi connectivity index (χ0v) is 14.4. The van der Waals surface area contributed by atoms with Crippen molar-refractivity contribution in [2.24, 2.45) is 0 Å². The van der Waals surface area contributed by atoms with E-state index in [4.69, 9.17) is 0 Å². The number of amides is 1. The van der Waals surface area contributed by atoms with E-state index in [9.17, 15) is 13.2 Å². The number of rotatable bonds is 5. The van der Waals surface area contributed by atoms with Crippen LogP contribution in [0.4, 0.5) is 5.69 Å². The lowest BCUT2D eigenvalue weighted by molar-refractivity contribution is -0.129. The maximum Gasteiger partial charge on any atom is 0.245 e. The van der Waals surface area contributed by atoms with Crippen molar-refractivity contribution in [3.05, 3.63) is 29.3 Å². The van der Waals surface area contributed by atoms with Crippen LogP contribution in [0.2, 0.25) is 0 Å². The lowest BCUT2D eigenvalue weighted by Gasteiger charge is -2.32. The van der Waals surface area contributed by atoms with Crippen LogP contribution in [0.1, 0.15) is 24.5 Å². The molecule has 0 aliphatic carbocycles. The Bertz CT molecular complexity index is 624. The van der Waals surface area contributed by atoms with Crippen molar-refractivity contribution in [3.8, 4) is 0 Å². The van der Waals surface area contributed by atoms with Crippen molar-refractivity contribution in [3.63, 3.8) is 0 Å². The number of carbonyl (C=O) groups excluding carboxylic acids is 1. The summed E-state index contributed by atoms with van der Waals surface area (Å²) in [6.07, 6.45) is 1.55. The van der Waals surface area contributed by atoms with Crippen LogP contribution in [-0.4, -0.2) is 45.6 Å². The first-order chi connectivity index (χ1) is 9.59. The fraction of sp³-hybridized carbons (Fsp3) is 0.533. The molecule has 1 atom stereocenters. The van der Waals surface area contributed by atoms with Gasteiger partial charge in [-0.15, -0.1) is 0 Å². The Morgan fingerprint density at radius 1 is 1.19 bits per heavy atom. The fourth-order valence-corrected chi connectivity index (χ4v) is 3.40. The van der Waals surface area contributed by atoms with Crippen molar-refractivity contribution < 1.29 is 13.2 Å². The molecule has 1 amide bonds. The van der Waals surface area contributed by atoms with Crippen LogP contribution in [-0.2, 0) is 14.8 Å². The van der Waals surface area contributed by atoms with Crippen molar-refractivity contribution in [1.82, 2.24) is 4.90 Å². The van der Waals surface area contributed by atoms with E-state index in [1.54, 1.807) is 20.2 Å². The standard InChI is InChI=1S/C15H24N2O3S/c1-7-14(15(18)16(4)5)17(21(6,19)20)13-9-8-11(2)12(3)10-13/h8-10,14H,7H2,1-6H3/t14-/m1/s1. The highest BCUT2D eigenvalue weighted by Crippen LogP contribution is 2.25. The lowest BCUT2D eigenvalue weighted by Crippen LogP contribution is -2.48. The molecule has 0 N–H and O–H groups in total. The molecule has 0 heterocycles. The van der Waals surface area contributed by atoms with Crippen LogP contribution in [0.25, 0.3) is 0 Å². The maximum atomic E-state index is 12.3. The van der Waals surface area contributed by atoms with Crippen LogP contribution in [0.15, 0.2) is 18.2 Å². The molecular formula is C15H24N2O3S. The second-order valence-electron chi connectivity index (χ2n) is 5.48. The van der Waals surface area contributed by atoms with Gasteiger partial charge in [-0.1, -0.05) is 13.0 Å². The minimum absolute atomic E-state index is 0.221. The van der Waals surface area contributed by atoms with Gasteiger partial charge in [-0.3, -0.25) is 9.10 Å². The number of hydrogen-bond acceptors (Lipinski definition) is 3. The van der Waals surface area contributed by atoms with Crippen LogP contribution in [0.3, 0.4) is 0 Å². The van der Waals surface area contributed by atoms with Crippen molar-refractivity contribution in [2.75, 3.05) is 24.7 Å². The Labute approximate surface area is 127 Å². The highest BCUT2D eigenvalue weighted by atomic mass is 32.2. The molecule has 5 nitrogen and oxygen atoms in total. The molecule has 0 spiro atoms. The fourth-order valence-electron chi connectivity index (χ4n) is 2.20. The summed E-state index contributed by atoms with van der Waals surface area (Å²) < 4.78 is 25.6. The Balaban J connectivity index is 3.41. The van der Waals surface area contributed by atoms with Crippen LogP contribution >= 0.6 is 0 Å². The second-order valence-corrected chi connectivity index (χ2v) is 7.34. The van der Waals surface area contributed by atoms with Crippen molar-refractivity contribution in [1.29, 1.82) is 0 Å². The summed E-state index contributed by atoms with van der Waals surface area (Å²) in [7, 11) is -0.290. The third-order valence-corrected chi connectivity index (χ3v) is 4.68. The highest BCUT2D eigenvalue weighted by Gasteiger charge is 2.32. The molecule has 6 heteroatoms. The molecule has 0 bridgehead atoms. The zero-order chi connectivity index (χ0) is 16.4. The van der Waals surface area contributed by atoms with Crippen molar-refractivity contribution >= 4 is 21.6 Å². The predicted molar refractivity (Wildman–Crippen MR) is 86.0 cm³/mol. The zero-order valence-electron chi connectivity index (χ0n) is 13.5. The molecule has 0 radical (unpaired) electrons. The summed E-state index contributed by atoms with van der Waals surface area (Å²) in [5, 5.41) is 0. The summed E-state index contributed by atoms with van der Waals surface area (Å²) in [4.78, 5) is 13.7. The van der Waals surface area contributed by atoms with Gasteiger partial charge in [0.2, 0.25) is 15.9 Å². The van der Waals surface area contributed by atoms with Gasteiger partial charge in [0.25, 0.3) is 0 Å². The van der Waals surface area contributed by atoms with E-state index in [0.717, 1.165) is 17.4 Å². The summed E-state index contributed by atoms with van der Waals surface area (Å²) >= 11 is 0. The molecule has 0 unspecified atom stereocenters. The third-order valence-electron chi connectivity index (χ3n) is 3.50. The Morgan fingerprint density at radius 2 is 1.76 bits per heavy atom. The first-order valence-corrected chi connectivity index (χ1v) is 8.72. The van der Waals surface area contributed by atoms with Gasteiger partial charge in [0, 0.05) is 14.1 Å². The van der Waals surface area contributed by atoms with Crippen LogP contribution in [0.5, 0.6) is 0 Å². The lowest BCUT2D eigenvalue weighted by atomic mass is 10.1. The minimum Gasteiger partial charge on any atom is -0.347 e. The first kappa shape index (κ1) is 17.5. The molecule has 1 rings (SSSR count). The first-order valence-electron chi connectivity index (χ1n) is 6.87. The predicted octanol–water partition coefficient (Wildman–Crippen LogP) is 1.94. The smallest absolute Gasteiger partial charge is 0.245 e. The van der Waals surface area contributed by atoms with Gasteiger partial charge < -0.3 is 4.90 Å².